The standard InChI is InChI=1S/C12H17BrN2S/c1-8-5-10(13)12-11(6-8)16-7-9(15-12)3-4-14-2/h5-6,9,14-15H,3-4,7H2,1-2H3. The quantitative estimate of drug-likeness (QED) is 0.896. The van der Waals surface area contributed by atoms with E-state index in [-0.39, 0.29) is 0 Å². The minimum atomic E-state index is 0.573. The molecule has 1 unspecified atom stereocenters. The third kappa shape index (κ3) is 2.73. The van der Waals surface area contributed by atoms with Crippen LogP contribution in [0.4, 0.5) is 5.69 Å². The summed E-state index contributed by atoms with van der Waals surface area (Å²) in [5, 5.41) is 6.82. The lowest BCUT2D eigenvalue weighted by atomic mass is 10.2. The Kier molecular flexibility index (Phi) is 4.16. The monoisotopic (exact) mass is 300 g/mol. The molecule has 1 heterocycles. The normalized spacial score (nSPS) is 19.1. The van der Waals surface area contributed by atoms with E-state index in [1.807, 2.05) is 18.8 Å². The van der Waals surface area contributed by atoms with Crippen LogP contribution in [0.1, 0.15) is 12.0 Å². The zero-order valence-electron chi connectivity index (χ0n) is 9.64. The zero-order valence-corrected chi connectivity index (χ0v) is 12.0. The van der Waals surface area contributed by atoms with E-state index in [0.717, 1.165) is 12.3 Å². The molecule has 2 rings (SSSR count). The first-order chi connectivity index (χ1) is 7.70. The molecule has 0 aromatic heterocycles. The summed E-state index contributed by atoms with van der Waals surface area (Å²) < 4.78 is 1.18. The highest BCUT2D eigenvalue weighted by Crippen LogP contribution is 2.39. The Labute approximate surface area is 110 Å². The van der Waals surface area contributed by atoms with Gasteiger partial charge in [-0.15, -0.1) is 11.8 Å². The van der Waals surface area contributed by atoms with Crippen molar-refractivity contribution in [1.82, 2.24) is 5.32 Å². The van der Waals surface area contributed by atoms with E-state index in [4.69, 9.17) is 0 Å². The molecule has 2 nitrogen and oxygen atoms in total. The molecule has 0 radical (unpaired) electrons. The lowest BCUT2D eigenvalue weighted by Crippen LogP contribution is -2.29. The Hall–Kier alpha value is -0.190. The van der Waals surface area contributed by atoms with Crippen LogP contribution in [0.2, 0.25) is 0 Å². The van der Waals surface area contributed by atoms with Gasteiger partial charge in [-0.2, -0.15) is 0 Å². The SMILES string of the molecule is CNCCC1CSc2cc(C)cc(Br)c2N1. The number of anilines is 1. The Morgan fingerprint density at radius 2 is 2.38 bits per heavy atom. The van der Waals surface area contributed by atoms with Crippen LogP contribution in [0.15, 0.2) is 21.5 Å². The van der Waals surface area contributed by atoms with Crippen molar-refractivity contribution in [1.29, 1.82) is 0 Å². The predicted octanol–water partition coefficient (Wildman–Crippen LogP) is 3.25. The van der Waals surface area contributed by atoms with Crippen LogP contribution in [0.25, 0.3) is 0 Å². The maximum atomic E-state index is 3.64. The van der Waals surface area contributed by atoms with E-state index >= 15 is 0 Å². The number of hydrogen-bond donors (Lipinski definition) is 2. The topological polar surface area (TPSA) is 24.1 Å². The van der Waals surface area contributed by atoms with E-state index in [1.54, 1.807) is 0 Å². The maximum Gasteiger partial charge on any atom is 0.0625 e. The van der Waals surface area contributed by atoms with Crippen LogP contribution in [-0.4, -0.2) is 25.4 Å². The summed E-state index contributed by atoms with van der Waals surface area (Å²) in [5.41, 5.74) is 2.58. The van der Waals surface area contributed by atoms with Crippen molar-refractivity contribution < 1.29 is 0 Å². The summed E-state index contributed by atoms with van der Waals surface area (Å²) in [5.74, 6) is 1.16. The summed E-state index contributed by atoms with van der Waals surface area (Å²) in [4.78, 5) is 1.37. The molecule has 0 bridgehead atoms. The fourth-order valence-corrected chi connectivity index (χ4v) is 3.91. The molecule has 0 spiro atoms. The van der Waals surface area contributed by atoms with E-state index in [2.05, 4.69) is 45.6 Å². The molecular formula is C12H17BrN2S. The van der Waals surface area contributed by atoms with Gasteiger partial charge >= 0.3 is 0 Å². The van der Waals surface area contributed by atoms with E-state index < -0.39 is 0 Å². The number of halogens is 1. The molecule has 0 saturated heterocycles. The molecule has 0 fully saturated rings. The number of aryl methyl sites for hydroxylation is 1. The average molecular weight is 301 g/mol. The lowest BCUT2D eigenvalue weighted by Gasteiger charge is -2.27. The van der Waals surface area contributed by atoms with Gasteiger partial charge in [-0.05, 0) is 60.6 Å². The number of fused-ring (bicyclic) bond motifs is 1. The molecule has 1 aromatic carbocycles. The zero-order chi connectivity index (χ0) is 11.5. The van der Waals surface area contributed by atoms with Crippen molar-refractivity contribution in [3.63, 3.8) is 0 Å². The van der Waals surface area contributed by atoms with Gasteiger partial charge < -0.3 is 10.6 Å². The highest BCUT2D eigenvalue weighted by atomic mass is 79.9. The first-order valence-electron chi connectivity index (χ1n) is 5.55. The van der Waals surface area contributed by atoms with Crippen molar-refractivity contribution in [2.24, 2.45) is 0 Å². The van der Waals surface area contributed by atoms with Crippen molar-refractivity contribution >= 4 is 33.4 Å². The predicted molar refractivity (Wildman–Crippen MR) is 75.6 cm³/mol. The summed E-state index contributed by atoms with van der Waals surface area (Å²) in [7, 11) is 2.00. The van der Waals surface area contributed by atoms with Crippen LogP contribution in [0.3, 0.4) is 0 Å². The Morgan fingerprint density at radius 3 is 3.12 bits per heavy atom. The summed E-state index contributed by atoms with van der Waals surface area (Å²) in [6, 6.07) is 5.00. The number of thioether (sulfide) groups is 1. The van der Waals surface area contributed by atoms with Gasteiger partial charge in [0.15, 0.2) is 0 Å². The second-order valence-corrected chi connectivity index (χ2v) is 6.08. The van der Waals surface area contributed by atoms with Crippen LogP contribution in [0, 0.1) is 6.92 Å². The van der Waals surface area contributed by atoms with Gasteiger partial charge in [0.2, 0.25) is 0 Å². The second kappa shape index (κ2) is 5.43. The van der Waals surface area contributed by atoms with Gasteiger partial charge in [0, 0.05) is 21.2 Å². The van der Waals surface area contributed by atoms with Gasteiger partial charge in [-0.1, -0.05) is 0 Å². The molecule has 88 valence electrons. The van der Waals surface area contributed by atoms with E-state index in [0.29, 0.717) is 6.04 Å². The van der Waals surface area contributed by atoms with Crippen molar-refractivity contribution in [3.8, 4) is 0 Å². The van der Waals surface area contributed by atoms with Crippen molar-refractivity contribution in [3.05, 3.63) is 22.2 Å². The lowest BCUT2D eigenvalue weighted by molar-refractivity contribution is 0.657. The number of hydrogen-bond acceptors (Lipinski definition) is 3. The first-order valence-corrected chi connectivity index (χ1v) is 7.32. The molecule has 4 heteroatoms. The molecule has 1 atom stereocenters. The molecule has 0 aliphatic carbocycles. The molecule has 1 aromatic rings. The fourth-order valence-electron chi connectivity index (χ4n) is 1.87. The molecule has 2 N–H and O–H groups in total. The van der Waals surface area contributed by atoms with Crippen LogP contribution in [0.5, 0.6) is 0 Å². The van der Waals surface area contributed by atoms with Gasteiger partial charge in [-0.3, -0.25) is 0 Å². The van der Waals surface area contributed by atoms with Gasteiger partial charge in [0.05, 0.1) is 5.69 Å². The smallest absolute Gasteiger partial charge is 0.0625 e. The average Bonchev–Trinajstić information content (AvgIpc) is 2.26. The molecule has 1 aliphatic rings. The van der Waals surface area contributed by atoms with Crippen molar-refractivity contribution in [2.75, 3.05) is 24.7 Å². The third-order valence-electron chi connectivity index (χ3n) is 2.73. The second-order valence-electron chi connectivity index (χ2n) is 4.16. The Balaban J connectivity index is 2.14. The third-order valence-corrected chi connectivity index (χ3v) is 4.56. The minimum absolute atomic E-state index is 0.573. The highest BCUT2D eigenvalue weighted by Gasteiger charge is 2.19. The van der Waals surface area contributed by atoms with E-state index in [1.165, 1.54) is 27.0 Å². The largest absolute Gasteiger partial charge is 0.380 e. The van der Waals surface area contributed by atoms with Crippen molar-refractivity contribution in [2.45, 2.75) is 24.3 Å². The minimum Gasteiger partial charge on any atom is -0.380 e. The fraction of sp³-hybridized carbons (Fsp3) is 0.500. The molecular weight excluding hydrogens is 284 g/mol. The Morgan fingerprint density at radius 1 is 1.56 bits per heavy atom. The van der Waals surface area contributed by atoms with Crippen LogP contribution < -0.4 is 10.6 Å². The summed E-state index contributed by atoms with van der Waals surface area (Å²) >= 11 is 5.59. The first kappa shape index (κ1) is 12.3. The maximum absolute atomic E-state index is 3.64. The molecule has 16 heavy (non-hydrogen) atoms. The number of nitrogens with one attached hydrogen (secondary N) is 2. The highest BCUT2D eigenvalue weighted by molar-refractivity contribution is 9.10. The van der Waals surface area contributed by atoms with Gasteiger partial charge in [0.25, 0.3) is 0 Å². The Bertz CT molecular complexity index is 382. The summed E-state index contributed by atoms with van der Waals surface area (Å²) in [6.45, 7) is 3.20. The number of benzene rings is 1. The van der Waals surface area contributed by atoms with Gasteiger partial charge in [-0.25, -0.2) is 0 Å². The van der Waals surface area contributed by atoms with E-state index in [9.17, 15) is 0 Å². The molecule has 0 saturated carbocycles. The molecule has 1 aliphatic heterocycles. The van der Waals surface area contributed by atoms with Crippen LogP contribution in [-0.2, 0) is 0 Å². The van der Waals surface area contributed by atoms with Gasteiger partial charge in [0.1, 0.15) is 0 Å². The summed E-state index contributed by atoms with van der Waals surface area (Å²) in [6.07, 6.45) is 1.17. The number of rotatable bonds is 3. The molecule has 0 amide bonds. The van der Waals surface area contributed by atoms with Crippen LogP contribution >= 0.6 is 27.7 Å².